The maximum atomic E-state index is 3.57. The van der Waals surface area contributed by atoms with Crippen molar-refractivity contribution in [3.05, 3.63) is 0 Å². The van der Waals surface area contributed by atoms with E-state index in [0.29, 0.717) is 0 Å². The predicted octanol–water partition coefficient (Wildman–Crippen LogP) is 3.60. The molecule has 1 atom stereocenters. The van der Waals surface area contributed by atoms with Crippen LogP contribution in [0, 0.1) is 17.3 Å². The molecule has 2 saturated carbocycles. The van der Waals surface area contributed by atoms with Crippen LogP contribution in [0.1, 0.15) is 39.0 Å². The van der Waals surface area contributed by atoms with Crippen LogP contribution in [0.2, 0.25) is 0 Å². The van der Waals surface area contributed by atoms with Gasteiger partial charge in [-0.2, -0.15) is 0 Å². The number of hydrogen-bond donors (Lipinski definition) is 0. The van der Waals surface area contributed by atoms with Crippen LogP contribution in [0.5, 0.6) is 0 Å². The van der Waals surface area contributed by atoms with Gasteiger partial charge in [0.05, 0.1) is 0 Å². The first-order valence-corrected chi connectivity index (χ1v) is 5.94. The molecule has 0 nitrogen and oxygen atoms in total. The SMILES string of the molecule is CC(CBr)C1CC2(CCC2)C1. The fraction of sp³-hybridized carbons (Fsp3) is 1.00. The van der Waals surface area contributed by atoms with Crippen molar-refractivity contribution < 1.29 is 0 Å². The van der Waals surface area contributed by atoms with Gasteiger partial charge in [0.1, 0.15) is 0 Å². The molecule has 1 unspecified atom stereocenters. The summed E-state index contributed by atoms with van der Waals surface area (Å²) in [6, 6.07) is 0. The molecule has 64 valence electrons. The summed E-state index contributed by atoms with van der Waals surface area (Å²) in [7, 11) is 0. The molecule has 2 aliphatic carbocycles. The minimum Gasteiger partial charge on any atom is -0.0925 e. The molecule has 0 aliphatic heterocycles. The van der Waals surface area contributed by atoms with E-state index in [1.807, 2.05) is 0 Å². The van der Waals surface area contributed by atoms with Gasteiger partial charge in [0.2, 0.25) is 0 Å². The molecule has 0 N–H and O–H groups in total. The standard InChI is InChI=1S/C10H17Br/c1-8(7-11)9-5-10(6-9)3-2-4-10/h8-9H,2-7H2,1H3. The summed E-state index contributed by atoms with van der Waals surface area (Å²) in [6.45, 7) is 2.38. The normalized spacial score (nSPS) is 31.1. The Balaban J connectivity index is 1.78. The van der Waals surface area contributed by atoms with E-state index in [4.69, 9.17) is 0 Å². The molecule has 0 bridgehead atoms. The molecule has 2 aliphatic rings. The highest BCUT2D eigenvalue weighted by molar-refractivity contribution is 9.09. The molecule has 2 fully saturated rings. The van der Waals surface area contributed by atoms with Crippen LogP contribution in [-0.4, -0.2) is 5.33 Å². The van der Waals surface area contributed by atoms with Crippen LogP contribution >= 0.6 is 15.9 Å². The summed E-state index contributed by atoms with van der Waals surface area (Å²) in [5.74, 6) is 1.97. The molecule has 0 aromatic carbocycles. The van der Waals surface area contributed by atoms with Crippen molar-refractivity contribution in [3.63, 3.8) is 0 Å². The number of halogens is 1. The zero-order valence-corrected chi connectivity index (χ0v) is 8.86. The summed E-state index contributed by atoms with van der Waals surface area (Å²) in [5.41, 5.74) is 0.876. The summed E-state index contributed by atoms with van der Waals surface area (Å²) >= 11 is 3.57. The van der Waals surface area contributed by atoms with Crippen molar-refractivity contribution >= 4 is 15.9 Å². The van der Waals surface area contributed by atoms with Crippen LogP contribution in [-0.2, 0) is 0 Å². The van der Waals surface area contributed by atoms with Gasteiger partial charge in [0.15, 0.2) is 0 Å². The van der Waals surface area contributed by atoms with Crippen LogP contribution in [0.4, 0.5) is 0 Å². The van der Waals surface area contributed by atoms with Crippen molar-refractivity contribution in [2.75, 3.05) is 5.33 Å². The molecule has 0 aromatic rings. The van der Waals surface area contributed by atoms with Gasteiger partial charge >= 0.3 is 0 Å². The second kappa shape index (κ2) is 2.76. The average Bonchev–Trinajstić information content (AvgIpc) is 1.81. The quantitative estimate of drug-likeness (QED) is 0.620. The minimum absolute atomic E-state index is 0.876. The second-order valence-corrected chi connectivity index (χ2v) is 5.30. The van der Waals surface area contributed by atoms with Crippen LogP contribution in [0.15, 0.2) is 0 Å². The van der Waals surface area contributed by atoms with Gasteiger partial charge in [-0.3, -0.25) is 0 Å². The third-order valence-electron chi connectivity index (χ3n) is 3.85. The Bertz CT molecular complexity index is 141. The number of rotatable bonds is 2. The van der Waals surface area contributed by atoms with Crippen molar-refractivity contribution in [2.45, 2.75) is 39.0 Å². The minimum atomic E-state index is 0.876. The molecule has 2 rings (SSSR count). The first kappa shape index (κ1) is 8.10. The zero-order valence-electron chi connectivity index (χ0n) is 7.28. The first-order valence-electron chi connectivity index (χ1n) is 4.82. The number of alkyl halides is 1. The monoisotopic (exact) mass is 216 g/mol. The smallest absolute Gasteiger partial charge is 0.00596 e. The van der Waals surface area contributed by atoms with Gasteiger partial charge in [0, 0.05) is 5.33 Å². The highest BCUT2D eigenvalue weighted by Gasteiger charge is 2.48. The van der Waals surface area contributed by atoms with Gasteiger partial charge in [-0.25, -0.2) is 0 Å². The number of hydrogen-bond acceptors (Lipinski definition) is 0. The van der Waals surface area contributed by atoms with Crippen LogP contribution in [0.25, 0.3) is 0 Å². The fourth-order valence-electron chi connectivity index (χ4n) is 2.67. The lowest BCUT2D eigenvalue weighted by Gasteiger charge is -2.56. The van der Waals surface area contributed by atoms with E-state index in [1.165, 1.54) is 11.8 Å². The predicted molar refractivity (Wildman–Crippen MR) is 52.0 cm³/mol. The highest BCUT2D eigenvalue weighted by Crippen LogP contribution is 2.60. The second-order valence-electron chi connectivity index (χ2n) is 4.65. The molecule has 1 heteroatoms. The van der Waals surface area contributed by atoms with Gasteiger partial charge in [0.25, 0.3) is 0 Å². The van der Waals surface area contributed by atoms with Gasteiger partial charge in [-0.1, -0.05) is 29.3 Å². The Morgan fingerprint density at radius 1 is 1.45 bits per heavy atom. The molecule has 0 aromatic heterocycles. The van der Waals surface area contributed by atoms with Crippen LogP contribution in [0.3, 0.4) is 0 Å². The van der Waals surface area contributed by atoms with E-state index in [9.17, 15) is 0 Å². The van der Waals surface area contributed by atoms with Gasteiger partial charge in [-0.15, -0.1) is 0 Å². The zero-order chi connectivity index (χ0) is 7.90. The Morgan fingerprint density at radius 2 is 2.09 bits per heavy atom. The molecule has 1 spiro atoms. The highest BCUT2D eigenvalue weighted by atomic mass is 79.9. The Labute approximate surface area is 77.9 Å². The first-order chi connectivity index (χ1) is 5.26. The lowest BCUT2D eigenvalue weighted by molar-refractivity contribution is -0.0425. The van der Waals surface area contributed by atoms with Crippen molar-refractivity contribution in [1.29, 1.82) is 0 Å². The summed E-state index contributed by atoms with van der Waals surface area (Å²) in [4.78, 5) is 0. The van der Waals surface area contributed by atoms with E-state index < -0.39 is 0 Å². The van der Waals surface area contributed by atoms with E-state index in [0.717, 1.165) is 17.3 Å². The fourth-order valence-corrected chi connectivity index (χ4v) is 3.19. The molecule has 11 heavy (non-hydrogen) atoms. The third-order valence-corrected chi connectivity index (χ3v) is 4.87. The Morgan fingerprint density at radius 3 is 2.45 bits per heavy atom. The van der Waals surface area contributed by atoms with Crippen molar-refractivity contribution in [1.82, 2.24) is 0 Å². The topological polar surface area (TPSA) is 0 Å². The Kier molecular flexibility index (Phi) is 2.03. The molecule has 0 radical (unpaired) electrons. The maximum absolute atomic E-state index is 3.57. The van der Waals surface area contributed by atoms with E-state index in [2.05, 4.69) is 22.9 Å². The molecule has 0 saturated heterocycles. The lowest BCUT2D eigenvalue weighted by Crippen LogP contribution is -2.45. The molecular weight excluding hydrogens is 200 g/mol. The third kappa shape index (κ3) is 1.26. The molecule has 0 heterocycles. The van der Waals surface area contributed by atoms with Gasteiger partial charge in [-0.05, 0) is 42.9 Å². The van der Waals surface area contributed by atoms with Gasteiger partial charge < -0.3 is 0 Å². The van der Waals surface area contributed by atoms with Crippen molar-refractivity contribution in [3.8, 4) is 0 Å². The van der Waals surface area contributed by atoms with E-state index in [-0.39, 0.29) is 0 Å². The summed E-state index contributed by atoms with van der Waals surface area (Å²) in [5, 5.41) is 1.20. The lowest BCUT2D eigenvalue weighted by atomic mass is 9.50. The average molecular weight is 217 g/mol. The van der Waals surface area contributed by atoms with Crippen molar-refractivity contribution in [2.24, 2.45) is 17.3 Å². The summed E-state index contributed by atoms with van der Waals surface area (Å²) < 4.78 is 0. The van der Waals surface area contributed by atoms with Crippen LogP contribution < -0.4 is 0 Å². The largest absolute Gasteiger partial charge is 0.0925 e. The van der Waals surface area contributed by atoms with E-state index in [1.54, 1.807) is 25.7 Å². The summed E-state index contributed by atoms with van der Waals surface area (Å²) in [6.07, 6.45) is 7.67. The molecule has 0 amide bonds. The Hall–Kier alpha value is 0.480. The maximum Gasteiger partial charge on any atom is 0.00596 e. The molecular formula is C10H17Br. The van der Waals surface area contributed by atoms with E-state index >= 15 is 0 Å².